The highest BCUT2D eigenvalue weighted by atomic mass is 16.5. The number of nitrogens with zero attached hydrogens (tertiary/aromatic N) is 5. The van der Waals surface area contributed by atoms with E-state index < -0.39 is 6.03 Å². The first-order chi connectivity index (χ1) is 25.7. The number of benzene rings is 2. The molecule has 53 heavy (non-hydrogen) atoms. The lowest BCUT2D eigenvalue weighted by molar-refractivity contribution is -0.120. The number of piperidine rings is 2. The van der Waals surface area contributed by atoms with Crippen molar-refractivity contribution in [2.45, 2.75) is 32.1 Å². The molecule has 2 aromatic carbocycles. The quantitative estimate of drug-likeness (QED) is 0.247. The summed E-state index contributed by atoms with van der Waals surface area (Å²) in [5.74, 6) is 2.42. The van der Waals surface area contributed by atoms with Gasteiger partial charge in [-0.2, -0.15) is 0 Å². The van der Waals surface area contributed by atoms with Gasteiger partial charge < -0.3 is 28.6 Å². The molecule has 0 unspecified atom stereocenters. The molecule has 2 aromatic heterocycles. The molecule has 0 atom stereocenters. The number of carbonyl (C=O) groups is 3. The Hall–Kier alpha value is -5.43. The largest absolute Gasteiger partial charge is 0.495 e. The maximum Gasteiger partial charge on any atom is 0.328 e. The normalized spacial score (nSPS) is 17.6. The maximum absolute atomic E-state index is 13.5. The van der Waals surface area contributed by atoms with Gasteiger partial charge in [-0.25, -0.2) is 4.79 Å². The summed E-state index contributed by atoms with van der Waals surface area (Å²) in [4.78, 5) is 60.4. The average molecular weight is 723 g/mol. The smallest absolute Gasteiger partial charge is 0.328 e. The van der Waals surface area contributed by atoms with Crippen molar-refractivity contribution in [2.75, 3.05) is 65.0 Å². The molecule has 0 saturated carbocycles. The predicted molar refractivity (Wildman–Crippen MR) is 201 cm³/mol. The van der Waals surface area contributed by atoms with Gasteiger partial charge in [0.25, 0.3) is 11.5 Å². The summed E-state index contributed by atoms with van der Waals surface area (Å²) in [6, 6.07) is 12.4. The second-order valence-electron chi connectivity index (χ2n) is 14.2. The molecule has 4 amide bonds. The van der Waals surface area contributed by atoms with Crippen LogP contribution in [0.15, 0.2) is 65.8 Å². The minimum absolute atomic E-state index is 0.0639. The van der Waals surface area contributed by atoms with Gasteiger partial charge >= 0.3 is 6.03 Å². The van der Waals surface area contributed by atoms with Crippen molar-refractivity contribution in [3.05, 3.63) is 77.0 Å². The van der Waals surface area contributed by atoms with Gasteiger partial charge in [0.2, 0.25) is 5.91 Å². The number of nitrogens with one attached hydrogen (secondary N) is 1. The molecule has 3 aliphatic heterocycles. The molecule has 0 spiro atoms. The Kier molecular flexibility index (Phi) is 10.6. The van der Waals surface area contributed by atoms with E-state index in [1.54, 1.807) is 49.3 Å². The van der Waals surface area contributed by atoms with Gasteiger partial charge in [0.1, 0.15) is 5.75 Å². The number of amides is 4. The standard InChI is InChI=1S/C40H46N6O7/c1-43-24-32(30-8-14-41-22-31(30)39(43)49)28-4-7-35(36(21-28)52-3)53-25-27-9-15-44(16-10-27)23-26-11-17-45(18-12-26)38(48)29-5-6-34(51-2)33(20-29)46-19-13-37(47)42-40(46)50/h4-8,14,20-22,24,26-27H,9-13,15-19,23,25H2,1-3H3,(H,42,47,50). The van der Waals surface area contributed by atoms with E-state index in [1.165, 1.54) is 12.0 Å². The summed E-state index contributed by atoms with van der Waals surface area (Å²) < 4.78 is 19.1. The first kappa shape index (κ1) is 36.0. The minimum atomic E-state index is -0.514. The number of carbonyl (C=O) groups excluding carboxylic acids is 3. The van der Waals surface area contributed by atoms with Crippen molar-refractivity contribution in [2.24, 2.45) is 18.9 Å². The van der Waals surface area contributed by atoms with Crippen LogP contribution in [0.1, 0.15) is 42.5 Å². The number of ether oxygens (including phenoxy) is 3. The zero-order valence-electron chi connectivity index (χ0n) is 30.5. The van der Waals surface area contributed by atoms with Crippen LogP contribution >= 0.6 is 0 Å². The molecule has 3 aliphatic rings. The number of methoxy groups -OCH3 is 2. The third-order valence-electron chi connectivity index (χ3n) is 10.8. The fraction of sp³-hybridized carbons (Fsp3) is 0.425. The first-order valence-electron chi connectivity index (χ1n) is 18.3. The van der Waals surface area contributed by atoms with E-state index in [9.17, 15) is 19.2 Å². The predicted octanol–water partition coefficient (Wildman–Crippen LogP) is 4.71. The Morgan fingerprint density at radius 1 is 0.849 bits per heavy atom. The minimum Gasteiger partial charge on any atom is -0.495 e. The molecule has 278 valence electrons. The molecule has 0 radical (unpaired) electrons. The summed E-state index contributed by atoms with van der Waals surface area (Å²) in [6.45, 7) is 5.27. The molecular formula is C40H46N6O7. The number of fused-ring (bicyclic) bond motifs is 1. The van der Waals surface area contributed by atoms with Gasteiger partial charge in [0, 0.05) is 69.4 Å². The lowest BCUT2D eigenvalue weighted by Gasteiger charge is -2.37. The van der Waals surface area contributed by atoms with Crippen LogP contribution in [0.2, 0.25) is 0 Å². The lowest BCUT2D eigenvalue weighted by Crippen LogP contribution is -2.49. The third-order valence-corrected chi connectivity index (χ3v) is 10.8. The molecule has 1 N–H and O–H groups in total. The molecule has 0 bridgehead atoms. The Balaban J connectivity index is 0.886. The highest BCUT2D eigenvalue weighted by Gasteiger charge is 2.30. The SMILES string of the molecule is COc1cc(-c2cn(C)c(=O)c3cnccc23)ccc1OCC1CCN(CC2CCN(C(=O)c3ccc(OC)c(N4CCC(=O)NC4=O)c3)CC2)CC1. The van der Waals surface area contributed by atoms with Gasteiger partial charge in [0.05, 0.1) is 31.9 Å². The number of hydrogen-bond donors (Lipinski definition) is 1. The monoisotopic (exact) mass is 722 g/mol. The van der Waals surface area contributed by atoms with Crippen LogP contribution in [-0.2, 0) is 11.8 Å². The molecule has 13 heteroatoms. The summed E-state index contributed by atoms with van der Waals surface area (Å²) in [5.41, 5.74) is 2.75. The van der Waals surface area contributed by atoms with Crippen molar-refractivity contribution in [3.8, 4) is 28.4 Å². The van der Waals surface area contributed by atoms with Crippen LogP contribution in [0.25, 0.3) is 21.9 Å². The topological polar surface area (TPSA) is 136 Å². The lowest BCUT2D eigenvalue weighted by atomic mass is 9.93. The zero-order valence-corrected chi connectivity index (χ0v) is 30.5. The second-order valence-corrected chi connectivity index (χ2v) is 14.2. The van der Waals surface area contributed by atoms with Crippen molar-refractivity contribution < 1.29 is 28.6 Å². The number of imide groups is 1. The summed E-state index contributed by atoms with van der Waals surface area (Å²) in [6.07, 6.45) is 9.34. The van der Waals surface area contributed by atoms with E-state index in [1.807, 2.05) is 35.4 Å². The molecule has 5 heterocycles. The fourth-order valence-corrected chi connectivity index (χ4v) is 7.73. The number of likely N-dealkylation sites (tertiary alicyclic amines) is 2. The van der Waals surface area contributed by atoms with Crippen LogP contribution in [0.4, 0.5) is 10.5 Å². The fourth-order valence-electron chi connectivity index (χ4n) is 7.73. The zero-order chi connectivity index (χ0) is 37.1. The molecule has 3 saturated heterocycles. The van der Waals surface area contributed by atoms with Crippen LogP contribution in [0, 0.1) is 11.8 Å². The highest BCUT2D eigenvalue weighted by Crippen LogP contribution is 2.36. The summed E-state index contributed by atoms with van der Waals surface area (Å²) in [5, 5.41) is 3.76. The first-order valence-corrected chi connectivity index (χ1v) is 18.3. The van der Waals surface area contributed by atoms with E-state index in [4.69, 9.17) is 14.2 Å². The van der Waals surface area contributed by atoms with Crippen molar-refractivity contribution in [1.82, 2.24) is 24.7 Å². The Labute approximate surface area is 308 Å². The molecule has 3 fully saturated rings. The Bertz CT molecular complexity index is 2070. The van der Waals surface area contributed by atoms with E-state index >= 15 is 0 Å². The molecule has 13 nitrogen and oxygen atoms in total. The molecular weight excluding hydrogens is 676 g/mol. The second kappa shape index (κ2) is 15.7. The summed E-state index contributed by atoms with van der Waals surface area (Å²) in [7, 11) is 4.91. The molecule has 0 aliphatic carbocycles. The number of rotatable bonds is 10. The Morgan fingerprint density at radius 2 is 1.58 bits per heavy atom. The van der Waals surface area contributed by atoms with Crippen molar-refractivity contribution in [3.63, 3.8) is 0 Å². The van der Waals surface area contributed by atoms with Gasteiger partial charge in [-0.3, -0.25) is 29.6 Å². The molecule has 4 aromatic rings. The Morgan fingerprint density at radius 3 is 2.32 bits per heavy atom. The number of aromatic nitrogens is 2. The van der Waals surface area contributed by atoms with E-state index in [0.29, 0.717) is 65.4 Å². The van der Waals surface area contributed by atoms with Crippen LogP contribution in [0.5, 0.6) is 17.2 Å². The number of pyridine rings is 2. The van der Waals surface area contributed by atoms with Crippen LogP contribution in [0.3, 0.4) is 0 Å². The van der Waals surface area contributed by atoms with Crippen molar-refractivity contribution >= 4 is 34.3 Å². The van der Waals surface area contributed by atoms with E-state index in [2.05, 4.69) is 15.2 Å². The van der Waals surface area contributed by atoms with E-state index in [0.717, 1.165) is 61.8 Å². The van der Waals surface area contributed by atoms with Gasteiger partial charge in [-0.05, 0) is 98.0 Å². The third kappa shape index (κ3) is 7.71. The number of hydrogen-bond acceptors (Lipinski definition) is 9. The maximum atomic E-state index is 13.5. The highest BCUT2D eigenvalue weighted by molar-refractivity contribution is 6.07. The van der Waals surface area contributed by atoms with Crippen LogP contribution < -0.4 is 30.0 Å². The van der Waals surface area contributed by atoms with Crippen LogP contribution in [-0.4, -0.2) is 97.3 Å². The number of aryl methyl sites for hydroxylation is 1. The van der Waals surface area contributed by atoms with Gasteiger partial charge in [0.15, 0.2) is 11.5 Å². The molecule has 7 rings (SSSR count). The number of anilines is 1. The van der Waals surface area contributed by atoms with Crippen molar-refractivity contribution in [1.29, 1.82) is 0 Å². The van der Waals surface area contributed by atoms with Gasteiger partial charge in [-0.1, -0.05) is 6.07 Å². The number of urea groups is 1. The van der Waals surface area contributed by atoms with E-state index in [-0.39, 0.29) is 30.3 Å². The summed E-state index contributed by atoms with van der Waals surface area (Å²) >= 11 is 0. The van der Waals surface area contributed by atoms with Gasteiger partial charge in [-0.15, -0.1) is 0 Å². The average Bonchev–Trinajstić information content (AvgIpc) is 3.19.